The molecule has 14 aromatic rings. The van der Waals surface area contributed by atoms with Gasteiger partial charge >= 0.3 is 0 Å². The molecule has 0 saturated carbocycles. The Morgan fingerprint density at radius 1 is 0.430 bits per heavy atom. The third kappa shape index (κ3) is 15.8. The van der Waals surface area contributed by atoms with Crippen LogP contribution in [0.2, 0.25) is 10.0 Å². The summed E-state index contributed by atoms with van der Waals surface area (Å²) < 4.78 is 22.2. The standard InChI is InChI=1S/C16H12O4.2C15H9ClO5.C15H19N3O.C15H10O4/c1-9-5-6-12-13(7-9)20-16(15(19)14(12)18)10-3-2-4-11(17)8-10;16-8-2-4-12-9(6-8)13(19)14(20)15(21-12)7-1-3-10(17)11(18)5-7;16-11-8(5-6-9(17)13(11)19)15-14(20)12(18)7-3-1-2-4-10(7)21-15;1-18(2)11-13-7-5-12(6-8-13)10-17-15(19)14-4-3-9-16-14;16-10-5-3-4-9(8-10)15-14(18)13(17)11-6-1-2-7-12(11)19-15/h2-8,17,19H,1H3;1-6,17-18,20H;1-6,17,19-20H;3-9,16H,10-11H2,1-2H3,(H,17,19);1-8,16,18H. The molecule has 0 aliphatic carbocycles. The number of phenols is 6. The number of carbonyl (C=O) groups is 1. The Balaban J connectivity index is 0.000000135. The van der Waals surface area contributed by atoms with Crippen LogP contribution in [-0.2, 0) is 13.1 Å². The second kappa shape index (κ2) is 30.5. The molecule has 22 nitrogen and oxygen atoms in total. The van der Waals surface area contributed by atoms with Crippen molar-refractivity contribution in [3.63, 3.8) is 0 Å². The number of nitrogens with one attached hydrogen (secondary N) is 2. The fourth-order valence-corrected chi connectivity index (χ4v) is 10.5. The normalized spacial score (nSPS) is 10.8. The van der Waals surface area contributed by atoms with Crippen LogP contribution in [0.1, 0.15) is 27.2 Å². The monoisotopic (exact) mass is 1390 g/mol. The second-order valence-corrected chi connectivity index (χ2v) is 23.3. The van der Waals surface area contributed by atoms with Crippen LogP contribution >= 0.6 is 23.2 Å². The highest BCUT2D eigenvalue weighted by Gasteiger charge is 2.22. The predicted molar refractivity (Wildman–Crippen MR) is 379 cm³/mol. The Labute approximate surface area is 575 Å². The van der Waals surface area contributed by atoms with Crippen molar-refractivity contribution in [3.05, 3.63) is 280 Å². The number of amides is 1. The van der Waals surface area contributed by atoms with Gasteiger partial charge in [-0.3, -0.25) is 24.0 Å². The lowest BCUT2D eigenvalue weighted by molar-refractivity contribution is 0.0946. The van der Waals surface area contributed by atoms with Gasteiger partial charge in [-0.05, 0) is 159 Å². The quantitative estimate of drug-likeness (QED) is 0.0597. The summed E-state index contributed by atoms with van der Waals surface area (Å²) in [7, 11) is 4.09. The average Bonchev–Trinajstić information content (AvgIpc) is 0.833. The van der Waals surface area contributed by atoms with Crippen molar-refractivity contribution in [2.45, 2.75) is 20.0 Å². The van der Waals surface area contributed by atoms with E-state index in [-0.39, 0.29) is 90.0 Å². The molecule has 0 radical (unpaired) electrons. The van der Waals surface area contributed by atoms with Gasteiger partial charge in [-0.2, -0.15) is 0 Å². The molecule has 14 rings (SSSR count). The first-order chi connectivity index (χ1) is 47.8. The summed E-state index contributed by atoms with van der Waals surface area (Å²) >= 11 is 11.7. The topological polar surface area (TPSA) is 371 Å². The van der Waals surface area contributed by atoms with E-state index in [1.165, 1.54) is 78.4 Å². The van der Waals surface area contributed by atoms with E-state index in [0.717, 1.165) is 17.7 Å². The molecule has 0 atom stereocenters. The summed E-state index contributed by atoms with van der Waals surface area (Å²) in [5.74, 6) is -3.92. The molecule has 1 amide bonds. The van der Waals surface area contributed by atoms with Crippen LogP contribution in [0.25, 0.3) is 89.2 Å². The second-order valence-electron chi connectivity index (χ2n) is 22.5. The van der Waals surface area contributed by atoms with Gasteiger partial charge in [-0.1, -0.05) is 102 Å². The number of carbonyl (C=O) groups excluding carboxylic acids is 1. The number of nitrogens with zero attached hydrogens (tertiary/aromatic N) is 1. The fourth-order valence-electron chi connectivity index (χ4n) is 10.0. The summed E-state index contributed by atoms with van der Waals surface area (Å²) in [5.41, 5.74) is 4.30. The van der Waals surface area contributed by atoms with E-state index in [1.807, 2.05) is 39.2 Å². The lowest BCUT2D eigenvalue weighted by atomic mass is 10.1. The van der Waals surface area contributed by atoms with Crippen molar-refractivity contribution in [2.75, 3.05) is 14.1 Å². The number of hydrogen-bond donors (Lipinski definition) is 12. The van der Waals surface area contributed by atoms with Gasteiger partial charge in [0.25, 0.3) is 5.91 Å². The number of aromatic amines is 1. The highest BCUT2D eigenvalue weighted by atomic mass is 35.5. The zero-order valence-electron chi connectivity index (χ0n) is 52.9. The Morgan fingerprint density at radius 3 is 1.46 bits per heavy atom. The summed E-state index contributed by atoms with van der Waals surface area (Å²) in [6, 6.07) is 53.3. The Morgan fingerprint density at radius 2 is 0.920 bits per heavy atom. The number of benzene rings is 9. The van der Waals surface area contributed by atoms with Gasteiger partial charge in [0.05, 0.1) is 26.6 Å². The van der Waals surface area contributed by atoms with Crippen LogP contribution in [0.4, 0.5) is 0 Å². The van der Waals surface area contributed by atoms with E-state index in [2.05, 4.69) is 27.3 Å². The molecule has 5 aromatic heterocycles. The van der Waals surface area contributed by atoms with Crippen molar-refractivity contribution in [1.29, 1.82) is 0 Å². The molecule has 0 aliphatic rings. The third-order valence-electron chi connectivity index (χ3n) is 15.0. The SMILES string of the molecule is CN(C)Cc1ccc(CNC(=O)c2ccc[nH]2)cc1.Cc1ccc2c(=O)c(O)c(-c3cccc(O)c3)oc2c1.O=c1c(O)c(-c2ccc(O)c(O)c2)oc2ccc(Cl)cc12.O=c1c(O)c(-c2ccc(O)c(O)c2Cl)oc2ccccc12.O=c1c(O)c(-c2cccc(O)c2)oc2ccccc12. The van der Waals surface area contributed by atoms with Crippen molar-refractivity contribution in [3.8, 4) is 103 Å². The molecule has 100 heavy (non-hydrogen) atoms. The molecule has 0 bridgehead atoms. The van der Waals surface area contributed by atoms with Crippen molar-refractivity contribution in [2.24, 2.45) is 0 Å². The van der Waals surface area contributed by atoms with Gasteiger partial charge in [0.1, 0.15) is 39.5 Å². The largest absolute Gasteiger partial charge is 0.508 e. The number of rotatable bonds is 9. The summed E-state index contributed by atoms with van der Waals surface area (Å²) in [4.78, 5) is 65.2. The van der Waals surface area contributed by atoms with Gasteiger partial charge in [0.2, 0.25) is 44.7 Å². The molecular weight excluding hydrogens is 1330 g/mol. The van der Waals surface area contributed by atoms with Crippen LogP contribution in [0.15, 0.2) is 243 Å². The molecule has 0 saturated heterocycles. The maximum Gasteiger partial charge on any atom is 0.267 e. The zero-order valence-corrected chi connectivity index (χ0v) is 54.4. The summed E-state index contributed by atoms with van der Waals surface area (Å²) in [5, 5.41) is 101. The summed E-state index contributed by atoms with van der Waals surface area (Å²) in [6.45, 7) is 3.36. The predicted octanol–water partition coefficient (Wildman–Crippen LogP) is 14.5. The molecule has 0 unspecified atom stereocenters. The smallest absolute Gasteiger partial charge is 0.267 e. The number of aromatic nitrogens is 1. The molecule has 5 heterocycles. The van der Waals surface area contributed by atoms with Crippen LogP contribution in [0.3, 0.4) is 0 Å². The highest BCUT2D eigenvalue weighted by Crippen LogP contribution is 2.43. The molecule has 0 aliphatic heterocycles. The first-order valence-electron chi connectivity index (χ1n) is 30.0. The first-order valence-corrected chi connectivity index (χ1v) is 30.8. The number of H-pyrrole nitrogens is 1. The lowest BCUT2D eigenvalue weighted by Crippen LogP contribution is -2.23. The van der Waals surface area contributed by atoms with Crippen molar-refractivity contribution >= 4 is 73.0 Å². The molecule has 0 fully saturated rings. The van der Waals surface area contributed by atoms with Crippen LogP contribution in [0, 0.1) is 6.92 Å². The molecule has 12 N–H and O–H groups in total. The van der Waals surface area contributed by atoms with E-state index < -0.39 is 56.2 Å². The lowest BCUT2D eigenvalue weighted by Gasteiger charge is -2.10. The number of halogens is 2. The molecule has 24 heteroatoms. The van der Waals surface area contributed by atoms with E-state index in [1.54, 1.807) is 103 Å². The van der Waals surface area contributed by atoms with E-state index in [9.17, 15) is 75.0 Å². The molecule has 506 valence electrons. The number of para-hydroxylation sites is 2. The number of fused-ring (bicyclic) bond motifs is 4. The minimum absolute atomic E-state index is 0.0349. The van der Waals surface area contributed by atoms with E-state index in [4.69, 9.17) is 40.9 Å². The minimum Gasteiger partial charge on any atom is -0.508 e. The Bertz CT molecular complexity index is 5630. The zero-order chi connectivity index (χ0) is 71.6. The maximum absolute atomic E-state index is 12.1. The van der Waals surface area contributed by atoms with Crippen LogP contribution < -0.4 is 27.0 Å². The van der Waals surface area contributed by atoms with Gasteiger partial charge < -0.3 is 83.9 Å². The Kier molecular flexibility index (Phi) is 21.3. The third-order valence-corrected chi connectivity index (χ3v) is 15.6. The van der Waals surface area contributed by atoms with Crippen molar-refractivity contribution in [1.82, 2.24) is 15.2 Å². The Hall–Kier alpha value is -12.9. The van der Waals surface area contributed by atoms with E-state index in [0.29, 0.717) is 50.3 Å². The van der Waals surface area contributed by atoms with Crippen LogP contribution in [-0.4, -0.2) is 81.0 Å². The van der Waals surface area contributed by atoms with Gasteiger partial charge in [0, 0.05) is 46.6 Å². The molecular formula is C76H59Cl2N3O19. The number of aryl methyl sites for hydroxylation is 1. The number of hydrogen-bond acceptors (Lipinski definition) is 20. The fraction of sp³-hybridized carbons (Fsp3) is 0.0658. The average molecular weight is 1390 g/mol. The number of aromatic hydroxyl groups is 10. The highest BCUT2D eigenvalue weighted by molar-refractivity contribution is 6.35. The number of phenolic OH excluding ortho intramolecular Hbond substituents is 6. The van der Waals surface area contributed by atoms with Crippen molar-refractivity contribution < 1.29 is 73.5 Å². The van der Waals surface area contributed by atoms with E-state index >= 15 is 0 Å². The first kappa shape index (κ1) is 69.9. The van der Waals surface area contributed by atoms with Gasteiger partial charge in [0.15, 0.2) is 46.0 Å². The minimum atomic E-state index is -0.624. The molecule has 9 aromatic carbocycles. The van der Waals surface area contributed by atoms with Crippen LogP contribution in [0.5, 0.6) is 57.5 Å². The van der Waals surface area contributed by atoms with Gasteiger partial charge in [-0.25, -0.2) is 0 Å². The summed E-state index contributed by atoms with van der Waals surface area (Å²) in [6.07, 6.45) is 1.74. The van der Waals surface area contributed by atoms with Gasteiger partial charge in [-0.15, -0.1) is 0 Å². The maximum atomic E-state index is 12.1. The molecule has 0 spiro atoms.